The van der Waals surface area contributed by atoms with Crippen molar-refractivity contribution in [2.24, 2.45) is 0 Å². The van der Waals surface area contributed by atoms with Crippen molar-refractivity contribution in [3.8, 4) is 5.75 Å². The zero-order valence-corrected chi connectivity index (χ0v) is 6.57. The highest BCUT2D eigenvalue weighted by molar-refractivity contribution is 6.00. The fraction of sp³-hybridized carbons (Fsp3) is 0. The average Bonchev–Trinajstić information content (AvgIpc) is 2.05. The molecular weight excluding hydrogens is 160 g/mol. The van der Waals surface area contributed by atoms with Crippen molar-refractivity contribution in [3.63, 3.8) is 0 Å². The van der Waals surface area contributed by atoms with Crippen LogP contribution in [0.2, 0.25) is 0 Å². The highest BCUT2D eigenvalue weighted by Crippen LogP contribution is 2.10. The van der Waals surface area contributed by atoms with E-state index in [0.29, 0.717) is 5.75 Å². The largest absolute Gasteiger partial charge is 0.540 e. The van der Waals surface area contributed by atoms with Gasteiger partial charge in [0.1, 0.15) is 5.75 Å². The molecule has 4 heteroatoms. The van der Waals surface area contributed by atoms with Crippen molar-refractivity contribution < 1.29 is 14.3 Å². The molecule has 0 saturated carbocycles. The Bertz CT molecular complexity index is 255. The molecule has 0 aliphatic rings. The molecule has 55 valence electrons. The molecule has 1 aromatic rings. The third-order valence-electron chi connectivity index (χ3n) is 1.22. The summed E-state index contributed by atoms with van der Waals surface area (Å²) in [5, 5.41) is 8.50. The van der Waals surface area contributed by atoms with E-state index in [2.05, 4.69) is 14.9 Å². The van der Waals surface area contributed by atoms with Crippen LogP contribution in [0.25, 0.3) is 0 Å². The van der Waals surface area contributed by atoms with E-state index in [9.17, 15) is 4.79 Å². The molecule has 0 unspecified atom stereocenters. The highest BCUT2D eigenvalue weighted by Gasteiger charge is 2.00. The Morgan fingerprint density at radius 2 is 1.91 bits per heavy atom. The molecule has 0 atom stereocenters. The van der Waals surface area contributed by atoms with Crippen molar-refractivity contribution in [2.45, 2.75) is 0 Å². The molecule has 1 rings (SSSR count). The summed E-state index contributed by atoms with van der Waals surface area (Å²) >= 11 is 0. The van der Waals surface area contributed by atoms with E-state index in [0.717, 1.165) is 0 Å². The van der Waals surface area contributed by atoms with Crippen molar-refractivity contribution in [1.82, 2.24) is 0 Å². The van der Waals surface area contributed by atoms with Gasteiger partial charge < -0.3 is 9.53 Å². The molecule has 1 N–H and O–H groups in total. The van der Waals surface area contributed by atoms with Gasteiger partial charge >= 0.3 is 16.5 Å². The molecule has 0 spiro atoms. The second kappa shape index (κ2) is 3.20. The number of hydrogen-bond donors (Lipinski definition) is 1. The predicted octanol–water partition coefficient (Wildman–Crippen LogP) is 0.847. The Balaban J connectivity index is 2.91. The first-order valence-electron chi connectivity index (χ1n) is 2.91. The molecule has 0 amide bonds. The lowest BCUT2D eigenvalue weighted by Crippen LogP contribution is -1.95. The minimum absolute atomic E-state index is 0.248. The minimum atomic E-state index is -0.939. The van der Waals surface area contributed by atoms with Crippen LogP contribution >= 0.6 is 0 Å². The normalized spacial score (nSPS) is 9.18. The van der Waals surface area contributed by atoms with Gasteiger partial charge in [-0.2, -0.15) is 0 Å². The van der Waals surface area contributed by atoms with E-state index < -0.39 is 5.97 Å². The summed E-state index contributed by atoms with van der Waals surface area (Å²) in [7, 11) is 2.82. The van der Waals surface area contributed by atoms with Gasteiger partial charge in [0.05, 0.1) is 5.56 Å². The van der Waals surface area contributed by atoms with Crippen LogP contribution in [0.4, 0.5) is 0 Å². The lowest BCUT2D eigenvalue weighted by molar-refractivity contribution is 0.0697. The second-order valence-electron chi connectivity index (χ2n) is 1.93. The van der Waals surface area contributed by atoms with Crippen LogP contribution in [0.5, 0.6) is 5.75 Å². The Morgan fingerprint density at radius 1 is 1.36 bits per heavy atom. The Kier molecular flexibility index (Phi) is 2.27. The lowest BCUT2D eigenvalue weighted by atomic mass is 10.2. The van der Waals surface area contributed by atoms with E-state index in [1.165, 1.54) is 12.1 Å². The number of rotatable bonds is 2. The standard InChI is InChI=1S/C7H5O3Si/c8-7(9)5-1-3-6(10-11)4-2-5/h1-4H,(H,8,9). The van der Waals surface area contributed by atoms with Gasteiger partial charge in [0.15, 0.2) is 0 Å². The van der Waals surface area contributed by atoms with Crippen LogP contribution in [-0.2, 0) is 0 Å². The van der Waals surface area contributed by atoms with Gasteiger partial charge in [-0.1, -0.05) is 0 Å². The minimum Gasteiger partial charge on any atom is -0.540 e. The molecule has 1 aromatic carbocycles. The smallest absolute Gasteiger partial charge is 0.341 e. The SMILES string of the molecule is O=C(O)c1ccc(O[Si])cc1. The van der Waals surface area contributed by atoms with Crippen LogP contribution in [0.1, 0.15) is 10.4 Å². The molecule has 0 aromatic heterocycles. The van der Waals surface area contributed by atoms with Gasteiger partial charge in [-0.25, -0.2) is 4.79 Å². The van der Waals surface area contributed by atoms with Gasteiger partial charge in [-0.05, 0) is 24.3 Å². The van der Waals surface area contributed by atoms with Gasteiger partial charge in [-0.3, -0.25) is 0 Å². The maximum atomic E-state index is 10.3. The van der Waals surface area contributed by atoms with E-state index in [1.807, 2.05) is 0 Å². The van der Waals surface area contributed by atoms with Crippen molar-refractivity contribution >= 4 is 16.5 Å². The number of carboxylic acid groups (broad SMARTS) is 1. The first-order chi connectivity index (χ1) is 5.24. The summed E-state index contributed by atoms with van der Waals surface area (Å²) in [6, 6.07) is 6.07. The van der Waals surface area contributed by atoms with Crippen LogP contribution in [0, 0.1) is 0 Å². The first kappa shape index (κ1) is 7.81. The highest BCUT2D eigenvalue weighted by atomic mass is 28.2. The van der Waals surface area contributed by atoms with Gasteiger partial charge in [0.2, 0.25) is 0 Å². The third kappa shape index (κ3) is 1.81. The summed E-state index contributed by atoms with van der Waals surface area (Å²) in [6.07, 6.45) is 0. The number of aromatic carboxylic acids is 1. The zero-order chi connectivity index (χ0) is 8.27. The number of carboxylic acids is 1. The second-order valence-corrected chi connectivity index (χ2v) is 2.14. The summed E-state index contributed by atoms with van der Waals surface area (Å²) in [5.41, 5.74) is 0.248. The van der Waals surface area contributed by atoms with E-state index in [1.54, 1.807) is 12.1 Å². The molecule has 0 aliphatic carbocycles. The van der Waals surface area contributed by atoms with Crippen molar-refractivity contribution in [1.29, 1.82) is 0 Å². The third-order valence-corrected chi connectivity index (χ3v) is 1.45. The van der Waals surface area contributed by atoms with Crippen LogP contribution in [0.3, 0.4) is 0 Å². The molecule has 11 heavy (non-hydrogen) atoms. The summed E-state index contributed by atoms with van der Waals surface area (Å²) in [5.74, 6) is -0.364. The quantitative estimate of drug-likeness (QED) is 0.661. The maximum absolute atomic E-state index is 10.3. The Hall–Kier alpha value is -1.29. The summed E-state index contributed by atoms with van der Waals surface area (Å²) < 4.78 is 4.66. The number of carbonyl (C=O) groups is 1. The number of hydrogen-bond acceptors (Lipinski definition) is 2. The first-order valence-corrected chi connectivity index (χ1v) is 3.32. The molecule has 3 radical (unpaired) electrons. The van der Waals surface area contributed by atoms with Crippen LogP contribution in [0.15, 0.2) is 24.3 Å². The van der Waals surface area contributed by atoms with Crippen LogP contribution in [-0.4, -0.2) is 21.6 Å². The lowest BCUT2D eigenvalue weighted by Gasteiger charge is -1.98. The maximum Gasteiger partial charge on any atom is 0.341 e. The fourth-order valence-electron chi connectivity index (χ4n) is 0.666. The average molecular weight is 165 g/mol. The van der Waals surface area contributed by atoms with E-state index in [-0.39, 0.29) is 5.56 Å². The van der Waals surface area contributed by atoms with E-state index >= 15 is 0 Å². The van der Waals surface area contributed by atoms with Gasteiger partial charge in [-0.15, -0.1) is 0 Å². The Labute approximate surface area is 67.2 Å². The zero-order valence-electron chi connectivity index (χ0n) is 5.57. The molecule has 3 nitrogen and oxygen atoms in total. The molecule has 0 bridgehead atoms. The van der Waals surface area contributed by atoms with Crippen LogP contribution < -0.4 is 4.43 Å². The molecule has 0 fully saturated rings. The van der Waals surface area contributed by atoms with Crippen molar-refractivity contribution in [3.05, 3.63) is 29.8 Å². The summed E-state index contributed by atoms with van der Waals surface area (Å²) in [4.78, 5) is 10.3. The Morgan fingerprint density at radius 3 is 2.27 bits per heavy atom. The number of benzene rings is 1. The van der Waals surface area contributed by atoms with Crippen molar-refractivity contribution in [2.75, 3.05) is 0 Å². The topological polar surface area (TPSA) is 46.5 Å². The molecular formula is C7H5O3Si. The monoisotopic (exact) mass is 165 g/mol. The van der Waals surface area contributed by atoms with E-state index in [4.69, 9.17) is 5.11 Å². The molecule has 0 aliphatic heterocycles. The van der Waals surface area contributed by atoms with Gasteiger partial charge in [0, 0.05) is 0 Å². The molecule has 0 heterocycles. The van der Waals surface area contributed by atoms with Gasteiger partial charge in [0.25, 0.3) is 0 Å². The summed E-state index contributed by atoms with van der Waals surface area (Å²) in [6.45, 7) is 0. The molecule has 0 saturated heterocycles. The predicted molar refractivity (Wildman–Crippen MR) is 39.8 cm³/mol. The fourth-order valence-corrected chi connectivity index (χ4v) is 0.802.